The first-order valence-electron chi connectivity index (χ1n) is 8.18. The predicted octanol–water partition coefficient (Wildman–Crippen LogP) is 5.90. The van der Waals surface area contributed by atoms with Gasteiger partial charge in [0.1, 0.15) is 0 Å². The maximum absolute atomic E-state index is 12.5. The zero-order chi connectivity index (χ0) is 17.9. The summed E-state index contributed by atoms with van der Waals surface area (Å²) in [4.78, 5) is 17.0. The Morgan fingerprint density at radius 3 is 2.38 bits per heavy atom. The molecule has 0 aliphatic heterocycles. The van der Waals surface area contributed by atoms with Crippen LogP contribution >= 0.6 is 27.3 Å². The molecular formula is C21H15BrN2OS. The van der Waals surface area contributed by atoms with Crippen LogP contribution in [0, 0.1) is 0 Å². The van der Waals surface area contributed by atoms with E-state index in [9.17, 15) is 4.79 Å². The predicted molar refractivity (Wildman–Crippen MR) is 111 cm³/mol. The highest BCUT2D eigenvalue weighted by Gasteiger charge is 2.11. The second-order valence-electron chi connectivity index (χ2n) is 5.92. The minimum Gasteiger partial charge on any atom is -0.298 e. The number of thiazole rings is 1. The lowest BCUT2D eigenvalue weighted by molar-refractivity contribution is 0.102. The normalized spacial score (nSPS) is 10.8. The van der Waals surface area contributed by atoms with Crippen molar-refractivity contribution >= 4 is 48.5 Å². The number of benzene rings is 3. The highest BCUT2D eigenvalue weighted by Crippen LogP contribution is 2.31. The second-order valence-corrected chi connectivity index (χ2v) is 7.80. The first-order chi connectivity index (χ1) is 12.7. The fourth-order valence-corrected chi connectivity index (χ4v) is 4.22. The van der Waals surface area contributed by atoms with Gasteiger partial charge in [0.25, 0.3) is 5.91 Å². The van der Waals surface area contributed by atoms with Gasteiger partial charge < -0.3 is 0 Å². The Morgan fingerprint density at radius 2 is 1.65 bits per heavy atom. The largest absolute Gasteiger partial charge is 0.298 e. The SMILES string of the molecule is O=C(Nc1nc2c(Br)cccc2s1)c1ccc(Cc2ccccc2)cc1. The molecule has 0 unspecified atom stereocenters. The number of hydrogen-bond donors (Lipinski definition) is 1. The molecule has 0 saturated carbocycles. The average molecular weight is 423 g/mol. The molecule has 0 aliphatic rings. The Labute approximate surface area is 163 Å². The smallest absolute Gasteiger partial charge is 0.257 e. The molecule has 4 rings (SSSR count). The van der Waals surface area contributed by atoms with Crippen molar-refractivity contribution in [3.63, 3.8) is 0 Å². The third-order valence-electron chi connectivity index (χ3n) is 4.06. The Balaban J connectivity index is 1.48. The maximum Gasteiger partial charge on any atom is 0.257 e. The van der Waals surface area contributed by atoms with Gasteiger partial charge in [0.15, 0.2) is 5.13 Å². The van der Waals surface area contributed by atoms with Crippen LogP contribution in [0.1, 0.15) is 21.5 Å². The summed E-state index contributed by atoms with van der Waals surface area (Å²) in [6.45, 7) is 0. The van der Waals surface area contributed by atoms with Gasteiger partial charge in [-0.2, -0.15) is 0 Å². The minimum atomic E-state index is -0.147. The summed E-state index contributed by atoms with van der Waals surface area (Å²) in [6.07, 6.45) is 0.856. The maximum atomic E-state index is 12.5. The number of aromatic nitrogens is 1. The fourth-order valence-electron chi connectivity index (χ4n) is 2.74. The summed E-state index contributed by atoms with van der Waals surface area (Å²) in [5.74, 6) is -0.147. The van der Waals surface area contributed by atoms with Gasteiger partial charge in [0, 0.05) is 10.0 Å². The summed E-state index contributed by atoms with van der Waals surface area (Å²) < 4.78 is 1.96. The van der Waals surface area contributed by atoms with Crippen LogP contribution in [0.15, 0.2) is 77.3 Å². The van der Waals surface area contributed by atoms with Crippen LogP contribution in [-0.4, -0.2) is 10.9 Å². The molecule has 3 nitrogen and oxygen atoms in total. The number of halogens is 1. The van der Waals surface area contributed by atoms with Gasteiger partial charge >= 0.3 is 0 Å². The van der Waals surface area contributed by atoms with Crippen molar-refractivity contribution in [2.45, 2.75) is 6.42 Å². The van der Waals surface area contributed by atoms with Crippen LogP contribution in [0.4, 0.5) is 5.13 Å². The van der Waals surface area contributed by atoms with Crippen molar-refractivity contribution in [2.75, 3.05) is 5.32 Å². The van der Waals surface area contributed by atoms with Gasteiger partial charge in [-0.05, 0) is 57.7 Å². The summed E-state index contributed by atoms with van der Waals surface area (Å²) >= 11 is 4.95. The average Bonchev–Trinajstić information content (AvgIpc) is 3.07. The van der Waals surface area contributed by atoms with E-state index in [0.717, 1.165) is 21.1 Å². The lowest BCUT2D eigenvalue weighted by Crippen LogP contribution is -2.11. The Morgan fingerprint density at radius 1 is 0.923 bits per heavy atom. The van der Waals surface area contributed by atoms with Crippen molar-refractivity contribution in [2.24, 2.45) is 0 Å². The zero-order valence-electron chi connectivity index (χ0n) is 13.8. The van der Waals surface area contributed by atoms with Gasteiger partial charge in [-0.25, -0.2) is 4.98 Å². The van der Waals surface area contributed by atoms with E-state index >= 15 is 0 Å². The molecule has 1 heterocycles. The van der Waals surface area contributed by atoms with E-state index in [-0.39, 0.29) is 5.91 Å². The van der Waals surface area contributed by atoms with Crippen LogP contribution in [0.5, 0.6) is 0 Å². The van der Waals surface area contributed by atoms with Gasteiger partial charge in [0.2, 0.25) is 0 Å². The Hall–Kier alpha value is -2.50. The van der Waals surface area contributed by atoms with Crippen molar-refractivity contribution in [3.8, 4) is 0 Å². The summed E-state index contributed by atoms with van der Waals surface area (Å²) in [6, 6.07) is 23.9. The summed E-state index contributed by atoms with van der Waals surface area (Å²) in [5.41, 5.74) is 3.92. The van der Waals surface area contributed by atoms with Gasteiger partial charge in [-0.3, -0.25) is 10.1 Å². The van der Waals surface area contributed by atoms with E-state index in [2.05, 4.69) is 38.4 Å². The van der Waals surface area contributed by atoms with Crippen LogP contribution in [0.25, 0.3) is 10.2 Å². The standard InChI is InChI=1S/C21H15BrN2OS/c22-17-7-4-8-18-19(17)23-21(26-18)24-20(25)16-11-9-15(10-12-16)13-14-5-2-1-3-6-14/h1-12H,13H2,(H,23,24,25). The van der Waals surface area contributed by atoms with Crippen LogP contribution in [-0.2, 0) is 6.42 Å². The van der Waals surface area contributed by atoms with Crippen molar-refractivity contribution < 1.29 is 4.79 Å². The van der Waals surface area contributed by atoms with Crippen molar-refractivity contribution in [1.29, 1.82) is 0 Å². The van der Waals surface area contributed by atoms with E-state index in [4.69, 9.17) is 0 Å². The van der Waals surface area contributed by atoms with Gasteiger partial charge in [-0.15, -0.1) is 0 Å². The number of nitrogens with one attached hydrogen (secondary N) is 1. The molecule has 0 fully saturated rings. The highest BCUT2D eigenvalue weighted by atomic mass is 79.9. The summed E-state index contributed by atoms with van der Waals surface area (Å²) in [5, 5.41) is 3.49. The van der Waals surface area contributed by atoms with E-state index in [1.807, 2.05) is 60.7 Å². The number of amides is 1. The third kappa shape index (κ3) is 3.69. The third-order valence-corrected chi connectivity index (χ3v) is 5.63. The number of carbonyl (C=O) groups is 1. The lowest BCUT2D eigenvalue weighted by Gasteiger charge is -2.05. The molecule has 128 valence electrons. The molecule has 0 radical (unpaired) electrons. The molecule has 1 amide bonds. The Bertz CT molecular complexity index is 1060. The number of fused-ring (bicyclic) bond motifs is 1. The fraction of sp³-hybridized carbons (Fsp3) is 0.0476. The molecule has 26 heavy (non-hydrogen) atoms. The number of para-hydroxylation sites is 1. The van der Waals surface area contributed by atoms with Crippen LogP contribution in [0.3, 0.4) is 0 Å². The highest BCUT2D eigenvalue weighted by molar-refractivity contribution is 9.10. The molecule has 3 aromatic carbocycles. The van der Waals surface area contributed by atoms with E-state index in [1.54, 1.807) is 0 Å². The monoisotopic (exact) mass is 422 g/mol. The topological polar surface area (TPSA) is 42.0 Å². The van der Waals surface area contributed by atoms with E-state index < -0.39 is 0 Å². The van der Waals surface area contributed by atoms with Gasteiger partial charge in [-0.1, -0.05) is 59.9 Å². The molecule has 0 aliphatic carbocycles. The van der Waals surface area contributed by atoms with Crippen LogP contribution in [0.2, 0.25) is 0 Å². The van der Waals surface area contributed by atoms with E-state index in [0.29, 0.717) is 10.7 Å². The zero-order valence-corrected chi connectivity index (χ0v) is 16.2. The number of hydrogen-bond acceptors (Lipinski definition) is 3. The molecule has 0 bridgehead atoms. The van der Waals surface area contributed by atoms with Crippen LogP contribution < -0.4 is 5.32 Å². The summed E-state index contributed by atoms with van der Waals surface area (Å²) in [7, 11) is 0. The Kier molecular flexibility index (Phi) is 4.82. The van der Waals surface area contributed by atoms with Crippen molar-refractivity contribution in [1.82, 2.24) is 4.98 Å². The molecule has 4 aromatic rings. The number of anilines is 1. The molecular weight excluding hydrogens is 408 g/mol. The van der Waals surface area contributed by atoms with E-state index in [1.165, 1.54) is 22.5 Å². The van der Waals surface area contributed by atoms with Crippen molar-refractivity contribution in [3.05, 3.63) is 94.0 Å². The molecule has 1 aromatic heterocycles. The molecule has 0 atom stereocenters. The molecule has 5 heteroatoms. The first kappa shape index (κ1) is 16.9. The van der Waals surface area contributed by atoms with Gasteiger partial charge in [0.05, 0.1) is 10.2 Å². The molecule has 0 spiro atoms. The number of rotatable bonds is 4. The quantitative estimate of drug-likeness (QED) is 0.444. The molecule has 0 saturated heterocycles. The minimum absolute atomic E-state index is 0.147. The number of carbonyl (C=O) groups excluding carboxylic acids is 1. The second kappa shape index (κ2) is 7.40. The molecule has 1 N–H and O–H groups in total. The lowest BCUT2D eigenvalue weighted by atomic mass is 10.0. The first-order valence-corrected chi connectivity index (χ1v) is 9.79. The number of nitrogens with zero attached hydrogens (tertiary/aromatic N) is 1.